The number of aryl methyl sites for hydroxylation is 2. The number of rotatable bonds is 10. The first-order valence-corrected chi connectivity index (χ1v) is 14.4. The van der Waals surface area contributed by atoms with Crippen molar-refractivity contribution in [2.24, 2.45) is 0 Å². The van der Waals surface area contributed by atoms with Crippen molar-refractivity contribution >= 4 is 39.9 Å². The summed E-state index contributed by atoms with van der Waals surface area (Å²) >= 11 is 1.58. The smallest absolute Gasteiger partial charge is 0.342 e. The maximum absolute atomic E-state index is 13.2. The van der Waals surface area contributed by atoms with E-state index in [1.165, 1.54) is 10.9 Å². The molecule has 2 aromatic rings. The van der Waals surface area contributed by atoms with E-state index in [-0.39, 0.29) is 48.0 Å². The van der Waals surface area contributed by atoms with Crippen LogP contribution in [0.5, 0.6) is 0 Å². The SMILES string of the molecule is CCOC(=O)c1c(C)nn(CCC(=O)N(CC)[C@H]2CCCN(C(=O)Cc3cccs3)C2)c1S(C)=O. The molecule has 1 aliphatic heterocycles. The topological polar surface area (TPSA) is 102 Å². The molecule has 0 saturated carbocycles. The van der Waals surface area contributed by atoms with Gasteiger partial charge >= 0.3 is 5.97 Å². The molecule has 192 valence electrons. The van der Waals surface area contributed by atoms with Crippen molar-refractivity contribution in [3.05, 3.63) is 33.6 Å². The zero-order chi connectivity index (χ0) is 25.5. The zero-order valence-electron chi connectivity index (χ0n) is 20.8. The van der Waals surface area contributed by atoms with Crippen molar-refractivity contribution in [3.63, 3.8) is 0 Å². The Kier molecular flexibility index (Phi) is 9.62. The van der Waals surface area contributed by atoms with Gasteiger partial charge in [0.25, 0.3) is 0 Å². The van der Waals surface area contributed by atoms with E-state index in [0.717, 1.165) is 17.7 Å². The summed E-state index contributed by atoms with van der Waals surface area (Å²) in [7, 11) is -1.48. The summed E-state index contributed by atoms with van der Waals surface area (Å²) in [4.78, 5) is 43.1. The van der Waals surface area contributed by atoms with E-state index in [4.69, 9.17) is 4.74 Å². The van der Waals surface area contributed by atoms with Crippen LogP contribution in [0.15, 0.2) is 22.5 Å². The van der Waals surface area contributed by atoms with Crippen LogP contribution in [0.25, 0.3) is 0 Å². The lowest BCUT2D eigenvalue weighted by atomic mass is 10.0. The Labute approximate surface area is 212 Å². The third-order valence-corrected chi connectivity index (χ3v) is 7.96. The summed E-state index contributed by atoms with van der Waals surface area (Å²) in [5.41, 5.74) is 0.639. The fourth-order valence-corrected chi connectivity index (χ4v) is 6.18. The highest BCUT2D eigenvalue weighted by molar-refractivity contribution is 7.84. The van der Waals surface area contributed by atoms with E-state index in [2.05, 4.69) is 5.10 Å². The Morgan fingerprint density at radius 3 is 2.71 bits per heavy atom. The number of aromatic nitrogens is 2. The summed E-state index contributed by atoms with van der Waals surface area (Å²) < 4.78 is 19.0. The average Bonchev–Trinajstić information content (AvgIpc) is 3.45. The van der Waals surface area contributed by atoms with Gasteiger partial charge in [-0.15, -0.1) is 11.3 Å². The third-order valence-electron chi connectivity index (χ3n) is 6.13. The van der Waals surface area contributed by atoms with Gasteiger partial charge in [0.1, 0.15) is 10.6 Å². The summed E-state index contributed by atoms with van der Waals surface area (Å²) in [6.07, 6.45) is 3.73. The van der Waals surface area contributed by atoms with Gasteiger partial charge in [0, 0.05) is 43.2 Å². The summed E-state index contributed by atoms with van der Waals surface area (Å²) in [5.74, 6) is -0.518. The molecule has 11 heteroatoms. The molecule has 3 heterocycles. The van der Waals surface area contributed by atoms with Crippen molar-refractivity contribution in [1.29, 1.82) is 0 Å². The van der Waals surface area contributed by atoms with Crippen LogP contribution in [-0.2, 0) is 38.1 Å². The van der Waals surface area contributed by atoms with E-state index in [9.17, 15) is 18.6 Å². The molecule has 0 N–H and O–H groups in total. The minimum Gasteiger partial charge on any atom is -0.462 e. The predicted molar refractivity (Wildman–Crippen MR) is 135 cm³/mol. The van der Waals surface area contributed by atoms with Gasteiger partial charge in [-0.25, -0.2) is 4.79 Å². The molecule has 1 fully saturated rings. The van der Waals surface area contributed by atoms with Crippen LogP contribution in [0.2, 0.25) is 0 Å². The Balaban J connectivity index is 1.66. The molecule has 2 amide bonds. The minimum absolute atomic E-state index is 0.0391. The standard InChI is InChI=1S/C24H34N4O5S2/c1-5-27(18-9-7-12-26(16-18)21(30)15-19-10-8-14-34-19)20(29)11-13-28-23(35(4)32)22(17(3)25-28)24(31)33-6-2/h8,10,14,18H,5-7,9,11-13,15-16H2,1-4H3/t18-,35?/m0/s1. The van der Waals surface area contributed by atoms with Gasteiger partial charge in [-0.2, -0.15) is 5.10 Å². The fraction of sp³-hybridized carbons (Fsp3) is 0.583. The fourth-order valence-electron chi connectivity index (χ4n) is 4.54. The Morgan fingerprint density at radius 2 is 2.09 bits per heavy atom. The summed E-state index contributed by atoms with van der Waals surface area (Å²) in [6, 6.07) is 3.87. The van der Waals surface area contributed by atoms with Gasteiger partial charge in [-0.1, -0.05) is 6.07 Å². The molecule has 0 aliphatic carbocycles. The van der Waals surface area contributed by atoms with Crippen LogP contribution in [0.1, 0.15) is 54.0 Å². The molecule has 2 atom stereocenters. The second kappa shape index (κ2) is 12.4. The molecular weight excluding hydrogens is 488 g/mol. The maximum Gasteiger partial charge on any atom is 0.342 e. The highest BCUT2D eigenvalue weighted by Crippen LogP contribution is 2.21. The molecule has 1 saturated heterocycles. The largest absolute Gasteiger partial charge is 0.462 e. The number of nitrogens with zero attached hydrogens (tertiary/aromatic N) is 4. The molecule has 1 aliphatic rings. The molecule has 35 heavy (non-hydrogen) atoms. The quantitative estimate of drug-likeness (QED) is 0.445. The monoisotopic (exact) mass is 522 g/mol. The number of carbonyl (C=O) groups excluding carboxylic acids is 3. The normalized spacial score (nSPS) is 16.7. The number of ether oxygens (including phenoxy) is 1. The number of likely N-dealkylation sites (N-methyl/N-ethyl adjacent to an activating group) is 1. The van der Waals surface area contributed by atoms with E-state index in [0.29, 0.717) is 31.7 Å². The highest BCUT2D eigenvalue weighted by Gasteiger charge is 2.30. The Bertz CT molecular complexity index is 1070. The van der Waals surface area contributed by atoms with Crippen LogP contribution < -0.4 is 0 Å². The van der Waals surface area contributed by atoms with Gasteiger partial charge in [0.2, 0.25) is 11.8 Å². The first kappa shape index (κ1) is 27.1. The Morgan fingerprint density at radius 1 is 1.31 bits per heavy atom. The lowest BCUT2D eigenvalue weighted by Crippen LogP contribution is -2.52. The number of amides is 2. The van der Waals surface area contributed by atoms with E-state index >= 15 is 0 Å². The van der Waals surface area contributed by atoms with Gasteiger partial charge in [-0.3, -0.25) is 18.5 Å². The van der Waals surface area contributed by atoms with Gasteiger partial charge in [-0.05, 0) is 45.1 Å². The van der Waals surface area contributed by atoms with Crippen molar-refractivity contribution in [3.8, 4) is 0 Å². The number of hydrogen-bond acceptors (Lipinski definition) is 7. The molecule has 0 radical (unpaired) electrons. The number of hydrogen-bond donors (Lipinski definition) is 0. The molecule has 9 nitrogen and oxygen atoms in total. The highest BCUT2D eigenvalue weighted by atomic mass is 32.2. The lowest BCUT2D eigenvalue weighted by molar-refractivity contribution is -0.139. The number of esters is 1. The molecule has 0 aromatic carbocycles. The lowest BCUT2D eigenvalue weighted by Gasteiger charge is -2.39. The third kappa shape index (κ3) is 6.58. The molecule has 2 aromatic heterocycles. The zero-order valence-corrected chi connectivity index (χ0v) is 22.5. The van der Waals surface area contributed by atoms with Crippen LogP contribution in [0, 0.1) is 6.92 Å². The number of piperidine rings is 1. The van der Waals surface area contributed by atoms with Crippen molar-refractivity contribution in [2.45, 2.75) is 64.1 Å². The summed E-state index contributed by atoms with van der Waals surface area (Å²) in [5, 5.41) is 6.62. The second-order valence-corrected chi connectivity index (χ2v) is 10.8. The van der Waals surface area contributed by atoms with Gasteiger partial charge in [0.05, 0.1) is 36.1 Å². The molecule has 3 rings (SSSR count). The summed E-state index contributed by atoms with van der Waals surface area (Å²) in [6.45, 7) is 7.51. The van der Waals surface area contributed by atoms with Crippen molar-refractivity contribution in [2.75, 3.05) is 32.5 Å². The van der Waals surface area contributed by atoms with Crippen LogP contribution in [-0.4, -0.2) is 80.1 Å². The molecule has 1 unspecified atom stereocenters. The average molecular weight is 523 g/mol. The first-order chi connectivity index (χ1) is 16.8. The molecule has 0 spiro atoms. The van der Waals surface area contributed by atoms with Crippen LogP contribution in [0.3, 0.4) is 0 Å². The first-order valence-electron chi connectivity index (χ1n) is 11.9. The predicted octanol–water partition coefficient (Wildman–Crippen LogP) is 2.64. The van der Waals surface area contributed by atoms with E-state index in [1.54, 1.807) is 25.2 Å². The number of likely N-dealkylation sites (tertiary alicyclic amines) is 1. The minimum atomic E-state index is -1.48. The molecule has 0 bridgehead atoms. The van der Waals surface area contributed by atoms with Crippen molar-refractivity contribution in [1.82, 2.24) is 19.6 Å². The number of carbonyl (C=O) groups is 3. The molecular formula is C24H34N4O5S2. The second-order valence-electron chi connectivity index (χ2n) is 8.48. The van der Waals surface area contributed by atoms with E-state index in [1.807, 2.05) is 34.2 Å². The van der Waals surface area contributed by atoms with Gasteiger partial charge < -0.3 is 14.5 Å². The van der Waals surface area contributed by atoms with Crippen LogP contribution in [0.4, 0.5) is 0 Å². The van der Waals surface area contributed by atoms with Gasteiger partial charge in [0.15, 0.2) is 0 Å². The Hall–Kier alpha value is -2.53. The van der Waals surface area contributed by atoms with E-state index < -0.39 is 16.8 Å². The number of thiophene rings is 1. The van der Waals surface area contributed by atoms with Crippen molar-refractivity contribution < 1.29 is 23.3 Å². The van der Waals surface area contributed by atoms with Crippen LogP contribution >= 0.6 is 11.3 Å². The maximum atomic E-state index is 13.2.